The lowest BCUT2D eigenvalue weighted by atomic mass is 10.2. The summed E-state index contributed by atoms with van der Waals surface area (Å²) in [5.74, 6) is 0.564. The number of aliphatic hydroxyl groups excluding tert-OH is 1. The van der Waals surface area contributed by atoms with Gasteiger partial charge in [0.25, 0.3) is 0 Å². The second-order valence-corrected chi connectivity index (χ2v) is 3.83. The average molecular weight is 247 g/mol. The van der Waals surface area contributed by atoms with E-state index in [0.717, 1.165) is 11.6 Å². The summed E-state index contributed by atoms with van der Waals surface area (Å²) in [6.07, 6.45) is 0.520. The fourth-order valence-electron chi connectivity index (χ4n) is 1.51. The van der Waals surface area contributed by atoms with Gasteiger partial charge in [0, 0.05) is 30.2 Å². The van der Waals surface area contributed by atoms with Gasteiger partial charge < -0.3 is 19.7 Å². The molecule has 1 atom stereocenters. The van der Waals surface area contributed by atoms with Crippen molar-refractivity contribution in [3.05, 3.63) is 40.8 Å². The van der Waals surface area contributed by atoms with Crippen LogP contribution in [0.15, 0.2) is 39.5 Å². The lowest BCUT2D eigenvalue weighted by molar-refractivity contribution is 0.195. The normalized spacial score (nSPS) is 12.3. The van der Waals surface area contributed by atoms with Crippen molar-refractivity contribution >= 4 is 17.2 Å². The topological polar surface area (TPSA) is 83.5 Å². The molecule has 2 rings (SSSR count). The summed E-state index contributed by atoms with van der Waals surface area (Å²) in [5.41, 5.74) is 0.0616. The molecule has 0 saturated heterocycles. The predicted octanol–water partition coefficient (Wildman–Crippen LogP) is 1.57. The molecule has 5 nitrogen and oxygen atoms in total. The Bertz CT molecular complexity index is 605. The van der Waals surface area contributed by atoms with E-state index in [1.54, 1.807) is 24.3 Å². The smallest absolute Gasteiger partial charge is 0.336 e. The van der Waals surface area contributed by atoms with E-state index in [-0.39, 0.29) is 0 Å². The van der Waals surface area contributed by atoms with Crippen molar-refractivity contribution in [2.24, 2.45) is 0 Å². The maximum absolute atomic E-state index is 11.1. The molecule has 0 amide bonds. The molecule has 0 fully saturated rings. The molecule has 0 bridgehead atoms. The summed E-state index contributed by atoms with van der Waals surface area (Å²) >= 11 is 0. The second-order valence-electron chi connectivity index (χ2n) is 3.83. The van der Waals surface area contributed by atoms with Crippen LogP contribution in [0.3, 0.4) is 0 Å². The molecule has 0 aliphatic heterocycles. The molecule has 18 heavy (non-hydrogen) atoms. The lowest BCUT2D eigenvalue weighted by Gasteiger charge is -2.08. The molecule has 0 saturated carbocycles. The van der Waals surface area contributed by atoms with Crippen molar-refractivity contribution in [1.82, 2.24) is 0 Å². The van der Waals surface area contributed by atoms with E-state index in [1.165, 1.54) is 6.07 Å². The van der Waals surface area contributed by atoms with Gasteiger partial charge >= 0.3 is 5.63 Å². The Morgan fingerprint density at radius 2 is 2.17 bits per heavy atom. The number of hydrogen-bond acceptors (Lipinski definition) is 5. The van der Waals surface area contributed by atoms with Crippen LogP contribution in [0.4, 0.5) is 0 Å². The average Bonchev–Trinajstić information content (AvgIpc) is 2.38. The minimum atomic E-state index is -0.789. The van der Waals surface area contributed by atoms with Crippen LogP contribution >= 0.6 is 0 Å². The van der Waals surface area contributed by atoms with Crippen LogP contribution in [-0.2, 0) is 0 Å². The zero-order chi connectivity index (χ0) is 13.0. The molecule has 1 heterocycles. The van der Waals surface area contributed by atoms with Gasteiger partial charge in [-0.3, -0.25) is 0 Å². The molecule has 0 unspecified atom stereocenters. The van der Waals surface area contributed by atoms with Gasteiger partial charge in [-0.05, 0) is 18.2 Å². The highest BCUT2D eigenvalue weighted by molar-refractivity contribution is 5.77. The maximum atomic E-state index is 11.1. The number of hydrogen-bond donors (Lipinski definition) is 2. The summed E-state index contributed by atoms with van der Waals surface area (Å²) in [7, 11) is 0. The third-order valence-corrected chi connectivity index (χ3v) is 2.47. The van der Waals surface area contributed by atoms with Crippen LogP contribution in [0.1, 0.15) is 6.42 Å². The quantitative estimate of drug-likeness (QED) is 0.620. The number of fused-ring (bicyclic) bond motifs is 1. The van der Waals surface area contributed by atoms with Crippen molar-refractivity contribution < 1.29 is 14.3 Å². The van der Waals surface area contributed by atoms with Crippen molar-refractivity contribution in [2.75, 3.05) is 6.61 Å². The summed E-state index contributed by atoms with van der Waals surface area (Å²) in [5, 5.41) is 16.8. The molecule has 94 valence electrons. The molecular weight excluding hydrogens is 234 g/mol. The first kappa shape index (κ1) is 12.3. The van der Waals surface area contributed by atoms with Gasteiger partial charge in [-0.15, -0.1) is 0 Å². The molecule has 1 aromatic heterocycles. The maximum Gasteiger partial charge on any atom is 0.336 e. The summed E-state index contributed by atoms with van der Waals surface area (Å²) in [4.78, 5) is 11.1. The number of ether oxygens (including phenoxy) is 1. The van der Waals surface area contributed by atoms with Crippen LogP contribution in [0.5, 0.6) is 5.75 Å². The zero-order valence-electron chi connectivity index (χ0n) is 9.63. The Morgan fingerprint density at radius 1 is 1.39 bits per heavy atom. The Balaban J connectivity index is 2.10. The monoisotopic (exact) mass is 247 g/mol. The third kappa shape index (κ3) is 2.95. The highest BCUT2D eigenvalue weighted by atomic mass is 16.5. The molecule has 1 aromatic carbocycles. The Hall–Kier alpha value is -2.14. The molecule has 0 aliphatic carbocycles. The van der Waals surface area contributed by atoms with Gasteiger partial charge in [-0.1, -0.05) is 0 Å². The first-order chi connectivity index (χ1) is 8.69. The molecular formula is C13H13NO4. The molecule has 2 aromatic rings. The van der Waals surface area contributed by atoms with E-state index >= 15 is 0 Å². The van der Waals surface area contributed by atoms with Crippen molar-refractivity contribution in [1.29, 1.82) is 5.41 Å². The summed E-state index contributed by atoms with van der Waals surface area (Å²) in [6, 6.07) is 8.24. The van der Waals surface area contributed by atoms with Gasteiger partial charge in [0.15, 0.2) is 0 Å². The van der Waals surface area contributed by atoms with Crippen molar-refractivity contribution in [2.45, 2.75) is 12.5 Å². The van der Waals surface area contributed by atoms with Crippen LogP contribution in [0.25, 0.3) is 11.0 Å². The lowest BCUT2D eigenvalue weighted by Crippen LogP contribution is -2.12. The minimum Gasteiger partial charge on any atom is -0.493 e. The third-order valence-electron chi connectivity index (χ3n) is 2.47. The Morgan fingerprint density at radius 3 is 2.94 bits per heavy atom. The number of benzene rings is 1. The Kier molecular flexibility index (Phi) is 3.74. The van der Waals surface area contributed by atoms with Crippen LogP contribution in [0.2, 0.25) is 0 Å². The highest BCUT2D eigenvalue weighted by Crippen LogP contribution is 2.19. The molecule has 0 radical (unpaired) electrons. The molecule has 5 heteroatoms. The largest absolute Gasteiger partial charge is 0.493 e. The summed E-state index contributed by atoms with van der Waals surface area (Å²) < 4.78 is 10.4. The van der Waals surface area contributed by atoms with E-state index in [2.05, 4.69) is 0 Å². The van der Waals surface area contributed by atoms with Crippen molar-refractivity contribution in [3.63, 3.8) is 0 Å². The minimum absolute atomic E-state index is 0.291. The predicted molar refractivity (Wildman–Crippen MR) is 67.4 cm³/mol. The first-order valence-corrected chi connectivity index (χ1v) is 5.54. The van der Waals surface area contributed by atoms with Crippen LogP contribution in [-0.4, -0.2) is 24.0 Å². The zero-order valence-corrected chi connectivity index (χ0v) is 9.63. The molecule has 0 spiro atoms. The van der Waals surface area contributed by atoms with Gasteiger partial charge in [0.1, 0.15) is 11.3 Å². The van der Waals surface area contributed by atoms with Gasteiger partial charge in [-0.25, -0.2) is 4.79 Å². The van der Waals surface area contributed by atoms with Crippen molar-refractivity contribution in [3.8, 4) is 5.75 Å². The number of rotatable bonds is 5. The second kappa shape index (κ2) is 5.46. The van der Waals surface area contributed by atoms with E-state index in [0.29, 0.717) is 24.4 Å². The Labute approximate surface area is 103 Å². The summed E-state index contributed by atoms with van der Waals surface area (Å²) in [6.45, 7) is 0.291. The van der Waals surface area contributed by atoms with E-state index < -0.39 is 11.7 Å². The fourth-order valence-corrected chi connectivity index (χ4v) is 1.51. The number of aliphatic hydroxyl groups is 1. The van der Waals surface area contributed by atoms with E-state index in [1.807, 2.05) is 0 Å². The number of nitrogens with one attached hydrogen (secondary N) is 1. The van der Waals surface area contributed by atoms with E-state index in [4.69, 9.17) is 19.7 Å². The van der Waals surface area contributed by atoms with Gasteiger partial charge in [0.05, 0.1) is 12.7 Å². The van der Waals surface area contributed by atoms with E-state index in [9.17, 15) is 4.79 Å². The standard InChI is InChI=1S/C13H13NO4/c14-8-10(15)5-6-17-11-3-1-9-2-4-13(16)18-12(9)7-11/h1-4,7-8,10,14-15H,5-6H2/t10-/m1/s1. The van der Waals surface area contributed by atoms with Gasteiger partial charge in [0.2, 0.25) is 0 Å². The molecule has 2 N–H and O–H groups in total. The SMILES string of the molecule is N=C[C@H](O)CCOc1ccc2ccc(=O)oc2c1. The molecule has 0 aliphatic rings. The fraction of sp³-hybridized carbons (Fsp3) is 0.231. The van der Waals surface area contributed by atoms with Crippen LogP contribution in [0, 0.1) is 5.41 Å². The van der Waals surface area contributed by atoms with Gasteiger partial charge in [-0.2, -0.15) is 0 Å². The first-order valence-electron chi connectivity index (χ1n) is 5.54. The van der Waals surface area contributed by atoms with Crippen LogP contribution < -0.4 is 10.4 Å². The highest BCUT2D eigenvalue weighted by Gasteiger charge is 2.02.